The van der Waals surface area contributed by atoms with Gasteiger partial charge >= 0.3 is 5.69 Å². The maximum Gasteiger partial charge on any atom is 0.315 e. The predicted molar refractivity (Wildman–Crippen MR) is 116 cm³/mol. The van der Waals surface area contributed by atoms with Crippen molar-refractivity contribution >= 4 is 23.7 Å². The third-order valence-electron chi connectivity index (χ3n) is 4.17. The van der Waals surface area contributed by atoms with Gasteiger partial charge in [0, 0.05) is 11.6 Å². The average molecular weight is 441 g/mol. The second-order valence-corrected chi connectivity index (χ2v) is 7.01. The number of aromatic nitrogens is 3. The summed E-state index contributed by atoms with van der Waals surface area (Å²) in [5.74, 6) is 0.185. The van der Waals surface area contributed by atoms with E-state index in [4.69, 9.17) is 9.47 Å². The van der Waals surface area contributed by atoms with Gasteiger partial charge in [0.2, 0.25) is 10.9 Å². The monoisotopic (exact) mass is 441 g/mol. The van der Waals surface area contributed by atoms with Crippen LogP contribution in [0.2, 0.25) is 0 Å². The lowest BCUT2D eigenvalue weighted by atomic mass is 10.1. The Morgan fingerprint density at radius 1 is 1.26 bits per heavy atom. The molecule has 0 fully saturated rings. The second-order valence-electron chi connectivity index (χ2n) is 6.24. The number of methoxy groups -OCH3 is 1. The summed E-state index contributed by atoms with van der Waals surface area (Å²) in [5, 5.41) is 23.8. The van der Waals surface area contributed by atoms with Crippen molar-refractivity contribution in [2.24, 2.45) is 5.10 Å². The molecule has 3 aromatic rings. The van der Waals surface area contributed by atoms with Gasteiger partial charge in [0.15, 0.2) is 5.75 Å². The van der Waals surface area contributed by atoms with Crippen molar-refractivity contribution in [2.45, 2.75) is 18.7 Å². The van der Waals surface area contributed by atoms with Crippen molar-refractivity contribution in [2.75, 3.05) is 13.4 Å². The van der Waals surface area contributed by atoms with Gasteiger partial charge in [-0.05, 0) is 24.8 Å². The van der Waals surface area contributed by atoms with Gasteiger partial charge in [-0.25, -0.2) is 0 Å². The first kappa shape index (κ1) is 22.0. The van der Waals surface area contributed by atoms with Crippen molar-refractivity contribution in [1.29, 1.82) is 0 Å². The first-order valence-electron chi connectivity index (χ1n) is 9.02. The lowest BCUT2D eigenvalue weighted by molar-refractivity contribution is -0.386. The summed E-state index contributed by atoms with van der Waals surface area (Å²) >= 11 is 1.20. The Morgan fingerprint density at radius 3 is 2.65 bits per heavy atom. The van der Waals surface area contributed by atoms with Gasteiger partial charge in [-0.2, -0.15) is 9.78 Å². The van der Waals surface area contributed by atoms with Crippen molar-refractivity contribution in [3.63, 3.8) is 0 Å². The molecule has 0 spiro atoms. The standard InChI is InChI=1S/C20H19N5O5S/c1-13-19(26)24(20(31-3)23-22-13)21-11-15-9-16(25(27)28)18(17(10-15)29-2)30-12-14-7-5-4-6-8-14/h4-11H,12H2,1-3H3/b21-11-. The smallest absolute Gasteiger partial charge is 0.315 e. The molecule has 10 nitrogen and oxygen atoms in total. The van der Waals surface area contributed by atoms with E-state index < -0.39 is 10.5 Å². The summed E-state index contributed by atoms with van der Waals surface area (Å²) in [4.78, 5) is 23.4. The highest BCUT2D eigenvalue weighted by molar-refractivity contribution is 7.98. The molecular weight excluding hydrogens is 422 g/mol. The number of ether oxygens (including phenoxy) is 2. The van der Waals surface area contributed by atoms with Gasteiger partial charge in [-0.1, -0.05) is 42.1 Å². The molecule has 31 heavy (non-hydrogen) atoms. The fraction of sp³-hybridized carbons (Fsp3) is 0.200. The fourth-order valence-electron chi connectivity index (χ4n) is 2.64. The zero-order chi connectivity index (χ0) is 22.4. The van der Waals surface area contributed by atoms with E-state index in [1.54, 1.807) is 12.3 Å². The Morgan fingerprint density at radius 2 is 2.00 bits per heavy atom. The van der Waals surface area contributed by atoms with Crippen LogP contribution in [-0.2, 0) is 6.61 Å². The van der Waals surface area contributed by atoms with E-state index in [0.717, 1.165) is 10.2 Å². The van der Waals surface area contributed by atoms with Gasteiger partial charge in [0.25, 0.3) is 5.56 Å². The quantitative estimate of drug-likeness (QED) is 0.226. The molecule has 1 heterocycles. The molecule has 0 aliphatic carbocycles. The van der Waals surface area contributed by atoms with E-state index in [1.807, 2.05) is 30.3 Å². The summed E-state index contributed by atoms with van der Waals surface area (Å²) in [6.45, 7) is 1.66. The number of nitro groups is 1. The van der Waals surface area contributed by atoms with Crippen LogP contribution in [0, 0.1) is 17.0 Å². The topological polar surface area (TPSA) is 122 Å². The molecule has 0 aliphatic rings. The molecule has 0 amide bonds. The third kappa shape index (κ3) is 5.07. The highest BCUT2D eigenvalue weighted by Gasteiger charge is 2.22. The maximum absolute atomic E-state index is 12.3. The number of aryl methyl sites for hydroxylation is 1. The van der Waals surface area contributed by atoms with E-state index in [2.05, 4.69) is 15.3 Å². The van der Waals surface area contributed by atoms with Crippen LogP contribution in [0.3, 0.4) is 0 Å². The highest BCUT2D eigenvalue weighted by Crippen LogP contribution is 2.38. The number of nitro benzene ring substituents is 1. The van der Waals surface area contributed by atoms with Gasteiger partial charge in [-0.15, -0.1) is 10.2 Å². The van der Waals surface area contributed by atoms with Crippen molar-refractivity contribution < 1.29 is 14.4 Å². The van der Waals surface area contributed by atoms with Crippen molar-refractivity contribution in [3.05, 3.63) is 79.8 Å². The minimum atomic E-state index is -0.558. The van der Waals surface area contributed by atoms with Gasteiger partial charge in [0.1, 0.15) is 12.3 Å². The van der Waals surface area contributed by atoms with Crippen molar-refractivity contribution in [3.8, 4) is 11.5 Å². The largest absolute Gasteiger partial charge is 0.493 e. The lowest BCUT2D eigenvalue weighted by Crippen LogP contribution is -2.23. The molecule has 0 unspecified atom stereocenters. The van der Waals surface area contributed by atoms with Crippen LogP contribution in [0.5, 0.6) is 11.5 Å². The minimum Gasteiger partial charge on any atom is -0.493 e. The number of rotatable bonds is 8. The summed E-state index contributed by atoms with van der Waals surface area (Å²) in [6.07, 6.45) is 3.05. The van der Waals surface area contributed by atoms with E-state index in [9.17, 15) is 14.9 Å². The van der Waals surface area contributed by atoms with Crippen LogP contribution in [0.25, 0.3) is 0 Å². The first-order chi connectivity index (χ1) is 14.9. The number of hydrogen-bond donors (Lipinski definition) is 0. The van der Waals surface area contributed by atoms with Gasteiger partial charge in [0.05, 0.1) is 18.2 Å². The maximum atomic E-state index is 12.3. The SMILES string of the molecule is COc1cc(/C=N\n2c(SC)nnc(C)c2=O)cc([N+](=O)[O-])c1OCc1ccccc1. The number of benzene rings is 2. The Labute approximate surface area is 181 Å². The molecule has 0 N–H and O–H groups in total. The number of nitrogens with zero attached hydrogens (tertiary/aromatic N) is 5. The molecule has 11 heteroatoms. The molecule has 0 aliphatic heterocycles. The third-order valence-corrected chi connectivity index (χ3v) is 4.79. The van der Waals surface area contributed by atoms with Crippen LogP contribution < -0.4 is 15.0 Å². The second kappa shape index (κ2) is 9.85. The summed E-state index contributed by atoms with van der Waals surface area (Å²) in [5.41, 5.74) is 0.680. The zero-order valence-corrected chi connectivity index (χ0v) is 17.8. The normalized spacial score (nSPS) is 10.9. The first-order valence-corrected chi connectivity index (χ1v) is 10.2. The number of thioether (sulfide) groups is 1. The molecule has 0 saturated heterocycles. The Hall–Kier alpha value is -3.73. The lowest BCUT2D eigenvalue weighted by Gasteiger charge is -2.12. The van der Waals surface area contributed by atoms with Crippen LogP contribution in [0.1, 0.15) is 16.8 Å². The minimum absolute atomic E-state index is 0.0110. The molecule has 1 aromatic heterocycles. The molecular formula is C20H19N5O5S. The van der Waals surface area contributed by atoms with Crippen LogP contribution in [0.15, 0.2) is 57.5 Å². The summed E-state index contributed by atoms with van der Waals surface area (Å²) < 4.78 is 12.1. The molecule has 3 rings (SSSR count). The molecule has 2 aromatic carbocycles. The van der Waals surface area contributed by atoms with Crippen LogP contribution in [-0.4, -0.2) is 39.4 Å². The van der Waals surface area contributed by atoms with Crippen LogP contribution >= 0.6 is 11.8 Å². The fourth-order valence-corrected chi connectivity index (χ4v) is 3.07. The zero-order valence-electron chi connectivity index (χ0n) is 17.0. The number of hydrogen-bond acceptors (Lipinski definition) is 9. The van der Waals surface area contributed by atoms with Crippen LogP contribution in [0.4, 0.5) is 5.69 Å². The summed E-state index contributed by atoms with van der Waals surface area (Å²) in [6, 6.07) is 12.1. The molecule has 0 radical (unpaired) electrons. The van der Waals surface area contributed by atoms with E-state index in [-0.39, 0.29) is 34.6 Å². The molecule has 0 bridgehead atoms. The highest BCUT2D eigenvalue weighted by atomic mass is 32.2. The van der Waals surface area contributed by atoms with Gasteiger partial charge in [-0.3, -0.25) is 14.9 Å². The molecule has 0 saturated carbocycles. The van der Waals surface area contributed by atoms with Gasteiger partial charge < -0.3 is 9.47 Å². The molecule has 0 atom stereocenters. The van der Waals surface area contributed by atoms with E-state index in [0.29, 0.717) is 5.56 Å². The Bertz CT molecular complexity index is 1180. The predicted octanol–water partition coefficient (Wildman–Crippen LogP) is 3.05. The Balaban J connectivity index is 1.99. The summed E-state index contributed by atoms with van der Waals surface area (Å²) in [7, 11) is 1.39. The van der Waals surface area contributed by atoms with E-state index >= 15 is 0 Å². The average Bonchev–Trinajstić information content (AvgIpc) is 2.78. The molecule has 160 valence electrons. The van der Waals surface area contributed by atoms with Crippen molar-refractivity contribution in [1.82, 2.24) is 14.9 Å². The van der Waals surface area contributed by atoms with E-state index in [1.165, 1.54) is 38.1 Å². The Kier molecular flexibility index (Phi) is 6.98.